The number of aromatic nitrogens is 1. The lowest BCUT2D eigenvalue weighted by molar-refractivity contribution is -0.605. The average Bonchev–Trinajstić information content (AvgIpc) is 3.76. The first kappa shape index (κ1) is 34.5. The molecular formula is C34H35Cl2N3O7S2. The highest BCUT2D eigenvalue weighted by molar-refractivity contribution is 7.14. The maximum Gasteiger partial charge on any atom is 0.346 e. The van der Waals surface area contributed by atoms with Crippen molar-refractivity contribution in [2.45, 2.75) is 43.9 Å². The molecule has 3 aliphatic heterocycles. The highest BCUT2D eigenvalue weighted by atomic mass is 35.5. The molecule has 2 N–H and O–H groups in total. The van der Waals surface area contributed by atoms with Crippen molar-refractivity contribution in [1.29, 1.82) is 0 Å². The van der Waals surface area contributed by atoms with E-state index in [4.69, 9.17) is 37.4 Å². The molecule has 10 nitrogen and oxygen atoms in total. The molecule has 0 saturated carbocycles. The Balaban J connectivity index is 1.32. The highest BCUT2D eigenvalue weighted by Crippen LogP contribution is 2.41. The molecule has 6 heterocycles. The van der Waals surface area contributed by atoms with Gasteiger partial charge in [-0.05, 0) is 79.0 Å². The molecule has 0 amide bonds. The largest absolute Gasteiger partial charge is 0.619 e. The van der Waals surface area contributed by atoms with Gasteiger partial charge in [-0.3, -0.25) is 10.2 Å². The first-order valence-electron chi connectivity index (χ1n) is 15.5. The monoisotopic (exact) mass is 731 g/mol. The van der Waals surface area contributed by atoms with Crippen LogP contribution in [0.25, 0.3) is 0 Å². The molecule has 3 aliphatic rings. The van der Waals surface area contributed by atoms with Crippen molar-refractivity contribution in [3.63, 3.8) is 0 Å². The number of halogens is 2. The van der Waals surface area contributed by atoms with Gasteiger partial charge in [0.25, 0.3) is 0 Å². The van der Waals surface area contributed by atoms with Crippen LogP contribution < -0.4 is 19.5 Å². The number of piperidine rings is 3. The van der Waals surface area contributed by atoms with E-state index >= 15 is 0 Å². The number of ether oxygens (including phenoxy) is 3. The number of fused-ring (bicyclic) bond motifs is 3. The van der Waals surface area contributed by atoms with E-state index in [-0.39, 0.29) is 40.0 Å². The molecule has 0 aliphatic carbocycles. The van der Waals surface area contributed by atoms with Gasteiger partial charge in [0.1, 0.15) is 27.1 Å². The topological polar surface area (TPSA) is 124 Å². The highest BCUT2D eigenvalue weighted by Gasteiger charge is 2.38. The molecule has 1 aromatic carbocycles. The molecule has 0 spiro atoms. The summed E-state index contributed by atoms with van der Waals surface area (Å²) < 4.78 is 17.6. The number of carbonyl (C=O) groups is 2. The number of thiophene rings is 2. The van der Waals surface area contributed by atoms with Gasteiger partial charge in [0, 0.05) is 34.3 Å². The molecule has 254 valence electrons. The normalized spacial score (nSPS) is 19.9. The van der Waals surface area contributed by atoms with Crippen molar-refractivity contribution < 1.29 is 33.6 Å². The Labute approximate surface area is 296 Å². The quantitative estimate of drug-likeness (QED) is 0.0925. The summed E-state index contributed by atoms with van der Waals surface area (Å²) in [5.41, 5.74) is 1.77. The number of nitrogens with one attached hydrogen (secondary N) is 1. The van der Waals surface area contributed by atoms with Crippen LogP contribution in [0.4, 0.5) is 0 Å². The minimum Gasteiger partial charge on any atom is -0.619 e. The summed E-state index contributed by atoms with van der Waals surface area (Å²) in [6, 6.07) is 10.3. The third-order valence-electron chi connectivity index (χ3n) is 9.06. The number of pyridine rings is 1. The van der Waals surface area contributed by atoms with Crippen molar-refractivity contribution in [3.8, 4) is 11.5 Å². The molecule has 0 radical (unpaired) electrons. The van der Waals surface area contributed by atoms with Crippen LogP contribution >= 0.6 is 45.9 Å². The number of carbonyl (C=O) groups excluding carboxylic acids is 1. The minimum absolute atomic E-state index is 0.133. The van der Waals surface area contributed by atoms with Gasteiger partial charge in [-0.2, -0.15) is 4.73 Å². The zero-order valence-corrected chi connectivity index (χ0v) is 29.5. The number of nitrogens with zero attached hydrogens (tertiary/aromatic N) is 2. The minimum atomic E-state index is -1.09. The van der Waals surface area contributed by atoms with Gasteiger partial charge in [0.15, 0.2) is 23.9 Å². The van der Waals surface area contributed by atoms with E-state index in [1.165, 1.54) is 38.0 Å². The van der Waals surface area contributed by atoms with Crippen LogP contribution in [0.15, 0.2) is 54.2 Å². The zero-order valence-electron chi connectivity index (χ0n) is 26.3. The second-order valence-corrected chi connectivity index (χ2v) is 14.8. The van der Waals surface area contributed by atoms with Crippen LogP contribution in [0.2, 0.25) is 10.0 Å². The van der Waals surface area contributed by atoms with Crippen molar-refractivity contribution in [2.75, 3.05) is 33.9 Å². The molecule has 3 atom stereocenters. The van der Waals surface area contributed by atoms with Crippen molar-refractivity contribution in [1.82, 2.24) is 10.2 Å². The van der Waals surface area contributed by atoms with Crippen molar-refractivity contribution in [3.05, 3.63) is 101 Å². The van der Waals surface area contributed by atoms with E-state index < -0.39 is 17.9 Å². The molecule has 4 aromatic rings. The van der Waals surface area contributed by atoms with Gasteiger partial charge < -0.3 is 24.5 Å². The lowest BCUT2D eigenvalue weighted by Crippen LogP contribution is -2.52. The summed E-state index contributed by atoms with van der Waals surface area (Å²) in [5.74, 6) is -0.615. The number of carboxylic acids is 1. The summed E-state index contributed by atoms with van der Waals surface area (Å²) in [4.78, 5) is 30.4. The Hall–Kier alpha value is -3.39. The van der Waals surface area contributed by atoms with E-state index in [9.17, 15) is 19.9 Å². The third kappa shape index (κ3) is 7.44. The molecule has 3 fully saturated rings. The molecule has 3 saturated heterocycles. The summed E-state index contributed by atoms with van der Waals surface area (Å²) in [6.07, 6.45) is 4.56. The van der Waals surface area contributed by atoms with Crippen LogP contribution in [0.5, 0.6) is 11.5 Å². The number of aromatic carboxylic acids is 1. The average molecular weight is 733 g/mol. The lowest BCUT2D eigenvalue weighted by Gasteiger charge is -2.44. The number of methoxy groups -OCH3 is 2. The number of esters is 1. The Morgan fingerprint density at radius 3 is 2.44 bits per heavy atom. The van der Waals surface area contributed by atoms with Gasteiger partial charge in [-0.25, -0.2) is 9.59 Å². The van der Waals surface area contributed by atoms with E-state index in [0.717, 1.165) is 54.3 Å². The number of hydrogen-bond donors (Lipinski definition) is 2. The zero-order chi connectivity index (χ0) is 33.9. The maximum absolute atomic E-state index is 13.6. The van der Waals surface area contributed by atoms with E-state index in [2.05, 4.69) is 10.2 Å². The van der Waals surface area contributed by atoms with Crippen LogP contribution in [-0.4, -0.2) is 61.9 Å². The van der Waals surface area contributed by atoms with Crippen LogP contribution in [0, 0.1) is 11.1 Å². The molecule has 14 heteroatoms. The number of benzene rings is 1. The number of hydrogen-bond acceptors (Lipinski definition) is 10. The molecule has 2 bridgehead atoms. The van der Waals surface area contributed by atoms with Crippen molar-refractivity contribution >= 4 is 57.8 Å². The molecule has 2 unspecified atom stereocenters. The van der Waals surface area contributed by atoms with Gasteiger partial charge in [-0.15, -0.1) is 22.7 Å². The molecule has 48 heavy (non-hydrogen) atoms. The van der Waals surface area contributed by atoms with E-state index in [1.807, 2.05) is 29.6 Å². The fraction of sp³-hybridized carbons (Fsp3) is 0.382. The van der Waals surface area contributed by atoms with Gasteiger partial charge in [0.2, 0.25) is 0 Å². The Morgan fingerprint density at radius 2 is 1.83 bits per heavy atom. The summed E-state index contributed by atoms with van der Waals surface area (Å²) in [6.45, 7) is 3.07. The lowest BCUT2D eigenvalue weighted by atomic mass is 9.85. The van der Waals surface area contributed by atoms with E-state index in [0.29, 0.717) is 38.2 Å². The predicted octanol–water partition coefficient (Wildman–Crippen LogP) is 6.31. The number of rotatable bonds is 13. The molecule has 3 aromatic heterocycles. The van der Waals surface area contributed by atoms with Gasteiger partial charge in [0.05, 0.1) is 14.2 Å². The second-order valence-electron chi connectivity index (χ2n) is 11.9. The van der Waals surface area contributed by atoms with E-state index in [1.54, 1.807) is 12.1 Å². The van der Waals surface area contributed by atoms with Gasteiger partial charge >= 0.3 is 11.9 Å². The number of carboxylic acid groups (broad SMARTS) is 1. The van der Waals surface area contributed by atoms with Crippen LogP contribution in [0.1, 0.15) is 60.9 Å². The van der Waals surface area contributed by atoms with Crippen LogP contribution in [-0.2, 0) is 22.5 Å². The van der Waals surface area contributed by atoms with Gasteiger partial charge in [-0.1, -0.05) is 35.3 Å². The maximum atomic E-state index is 13.6. The third-order valence-corrected chi connectivity index (χ3v) is 11.8. The van der Waals surface area contributed by atoms with Crippen LogP contribution in [0.3, 0.4) is 0 Å². The molecule has 7 rings (SSSR count). The van der Waals surface area contributed by atoms with Crippen molar-refractivity contribution in [2.24, 2.45) is 5.92 Å². The Kier molecular flexibility index (Phi) is 10.8. The Morgan fingerprint density at radius 1 is 1.10 bits per heavy atom. The second kappa shape index (κ2) is 15.0. The molecular weight excluding hydrogens is 697 g/mol. The smallest absolute Gasteiger partial charge is 0.346 e. The predicted molar refractivity (Wildman–Crippen MR) is 185 cm³/mol. The fourth-order valence-electron chi connectivity index (χ4n) is 6.60. The summed E-state index contributed by atoms with van der Waals surface area (Å²) in [5, 5.41) is 28.0. The SMILES string of the molecule is COc1ccc(C(Cc2c(Cl)c[n+]([O-])cc2Cl)c2cc(CN[C@@H](C(=O)OC3CN4CCC3CC4)c3cccs3)sc2C(=O)O)cc1OC. The first-order chi connectivity index (χ1) is 23.1. The Bertz CT molecular complexity index is 1750. The first-order valence-corrected chi connectivity index (χ1v) is 17.9. The summed E-state index contributed by atoms with van der Waals surface area (Å²) >= 11 is 15.6. The standard InChI is InChI=1S/C34H35Cl2N3O7S2/c1-44-27-6-5-20(12-28(27)45-2)22(14-24-25(35)16-39(43)17-26(24)36)23-13-21(48-32(23)33(40)41)15-37-31(30-4-3-11-47-30)34(42)46-29-18-38-9-7-19(29)8-10-38/h3-6,11-13,16-17,19,22,29,31,37H,7-10,14-15,18H2,1-2H3,(H,40,41)/t22?,29?,31-/m1/s1. The fourth-order valence-corrected chi connectivity index (χ4v) is 8.99. The summed E-state index contributed by atoms with van der Waals surface area (Å²) in [7, 11) is 3.06.